The minimum absolute atomic E-state index is 0.00434. The Bertz CT molecular complexity index is 1050. The number of carbonyl (C=O) groups is 2. The minimum Gasteiger partial charge on any atom is -0.545 e. The number of aromatic carboxylic acids is 1. The number of carbonyl (C=O) groups excluding carboxylic acids is 2. The standard InChI is InChI=1S/C19H16N4O5S/c24-17(20-9-12-2-1-3-14(8-12)18(25)26)11-29-19-21-10-16(22-19)13-4-6-15(7-5-13)23(27)28/h1-8,10H,9,11H2,(H,20,24)(H,21,22)(H,25,26)/p-1. The van der Waals surface area contributed by atoms with E-state index in [0.29, 0.717) is 16.4 Å². The summed E-state index contributed by atoms with van der Waals surface area (Å²) in [6.45, 7) is 0.201. The molecular weight excluding hydrogens is 396 g/mol. The molecule has 0 aliphatic rings. The quantitative estimate of drug-likeness (QED) is 0.327. The Balaban J connectivity index is 1.51. The number of nitrogens with zero attached hydrogens (tertiary/aromatic N) is 2. The van der Waals surface area contributed by atoms with Gasteiger partial charge in [0.25, 0.3) is 5.69 Å². The van der Waals surface area contributed by atoms with E-state index in [0.717, 1.165) is 5.56 Å². The molecule has 3 aromatic rings. The fourth-order valence-electron chi connectivity index (χ4n) is 2.48. The first-order valence-corrected chi connectivity index (χ1v) is 9.40. The van der Waals surface area contributed by atoms with Gasteiger partial charge in [-0.1, -0.05) is 30.0 Å². The van der Waals surface area contributed by atoms with Gasteiger partial charge in [-0.2, -0.15) is 0 Å². The molecule has 2 N–H and O–H groups in total. The Kier molecular flexibility index (Phi) is 6.25. The average molecular weight is 411 g/mol. The van der Waals surface area contributed by atoms with Gasteiger partial charge in [0.15, 0.2) is 5.16 Å². The first-order chi connectivity index (χ1) is 13.9. The number of imidazole rings is 1. The van der Waals surface area contributed by atoms with Crippen LogP contribution < -0.4 is 10.4 Å². The van der Waals surface area contributed by atoms with Gasteiger partial charge >= 0.3 is 0 Å². The van der Waals surface area contributed by atoms with Crippen LogP contribution in [0.4, 0.5) is 5.69 Å². The number of H-pyrrole nitrogens is 1. The van der Waals surface area contributed by atoms with Crippen molar-refractivity contribution in [1.82, 2.24) is 15.3 Å². The molecule has 0 spiro atoms. The number of rotatable bonds is 8. The molecule has 3 rings (SSSR count). The summed E-state index contributed by atoms with van der Waals surface area (Å²) in [7, 11) is 0. The second-order valence-corrected chi connectivity index (χ2v) is 6.92. The van der Waals surface area contributed by atoms with Crippen LogP contribution in [0, 0.1) is 10.1 Å². The van der Waals surface area contributed by atoms with Gasteiger partial charge in [0, 0.05) is 24.2 Å². The number of non-ortho nitro benzene ring substituents is 1. The molecule has 0 fully saturated rings. The van der Waals surface area contributed by atoms with E-state index in [-0.39, 0.29) is 29.5 Å². The molecule has 0 radical (unpaired) electrons. The van der Waals surface area contributed by atoms with Crippen molar-refractivity contribution in [3.63, 3.8) is 0 Å². The highest BCUT2D eigenvalue weighted by atomic mass is 32.2. The molecule has 0 bridgehead atoms. The Hall–Kier alpha value is -3.66. The third kappa shape index (κ3) is 5.42. The molecule has 9 nitrogen and oxygen atoms in total. The lowest BCUT2D eigenvalue weighted by atomic mass is 10.1. The van der Waals surface area contributed by atoms with Gasteiger partial charge in [-0.3, -0.25) is 14.9 Å². The van der Waals surface area contributed by atoms with Crippen LogP contribution in [0.5, 0.6) is 0 Å². The fraction of sp³-hybridized carbons (Fsp3) is 0.105. The zero-order valence-corrected chi connectivity index (χ0v) is 15.8. The topological polar surface area (TPSA) is 141 Å². The lowest BCUT2D eigenvalue weighted by Gasteiger charge is -2.07. The van der Waals surface area contributed by atoms with Gasteiger partial charge in [0.2, 0.25) is 5.91 Å². The Labute approximate surface area is 169 Å². The van der Waals surface area contributed by atoms with Crippen molar-refractivity contribution < 1.29 is 19.6 Å². The molecule has 2 aromatic carbocycles. The summed E-state index contributed by atoms with van der Waals surface area (Å²) < 4.78 is 0. The monoisotopic (exact) mass is 411 g/mol. The summed E-state index contributed by atoms with van der Waals surface area (Å²) in [6.07, 6.45) is 1.59. The Morgan fingerprint density at radius 3 is 2.62 bits per heavy atom. The average Bonchev–Trinajstić information content (AvgIpc) is 3.20. The van der Waals surface area contributed by atoms with Crippen LogP contribution in [0.15, 0.2) is 59.9 Å². The summed E-state index contributed by atoms with van der Waals surface area (Å²) in [5, 5.41) is 24.8. The predicted molar refractivity (Wildman–Crippen MR) is 104 cm³/mol. The first-order valence-electron chi connectivity index (χ1n) is 8.42. The molecule has 1 heterocycles. The van der Waals surface area contributed by atoms with E-state index in [2.05, 4.69) is 15.3 Å². The molecule has 1 aromatic heterocycles. The zero-order valence-electron chi connectivity index (χ0n) is 15.0. The number of hydrogen-bond acceptors (Lipinski definition) is 7. The normalized spacial score (nSPS) is 10.5. The van der Waals surface area contributed by atoms with E-state index >= 15 is 0 Å². The molecule has 148 valence electrons. The minimum atomic E-state index is -1.27. The largest absolute Gasteiger partial charge is 0.545 e. The maximum Gasteiger partial charge on any atom is 0.269 e. The summed E-state index contributed by atoms with van der Waals surface area (Å²) in [5.41, 5.74) is 2.14. The van der Waals surface area contributed by atoms with Gasteiger partial charge in [0.05, 0.1) is 28.5 Å². The first kappa shape index (κ1) is 20.1. The van der Waals surface area contributed by atoms with Crippen LogP contribution in [0.3, 0.4) is 0 Å². The number of aromatic amines is 1. The molecular formula is C19H15N4O5S-. The van der Waals surface area contributed by atoms with Crippen molar-refractivity contribution in [2.75, 3.05) is 5.75 Å². The molecule has 0 saturated carbocycles. The number of nitrogens with one attached hydrogen (secondary N) is 2. The molecule has 10 heteroatoms. The van der Waals surface area contributed by atoms with Crippen LogP contribution in [0.2, 0.25) is 0 Å². The molecule has 0 aliphatic heterocycles. The van der Waals surface area contributed by atoms with Crippen molar-refractivity contribution in [3.8, 4) is 11.3 Å². The SMILES string of the molecule is O=C(CSc1ncc(-c2ccc([N+](=O)[O-])cc2)[nH]1)NCc1cccc(C(=O)[O-])c1. The second-order valence-electron chi connectivity index (χ2n) is 5.96. The van der Waals surface area contributed by atoms with Crippen LogP contribution in [0.1, 0.15) is 15.9 Å². The number of carboxylic acid groups (broad SMARTS) is 1. The van der Waals surface area contributed by atoms with Gasteiger partial charge in [-0.05, 0) is 29.3 Å². The van der Waals surface area contributed by atoms with Crippen LogP contribution in [0.25, 0.3) is 11.3 Å². The van der Waals surface area contributed by atoms with E-state index in [1.54, 1.807) is 30.5 Å². The maximum atomic E-state index is 12.0. The predicted octanol–water partition coefficient (Wildman–Crippen LogP) is 1.76. The maximum absolute atomic E-state index is 12.0. The number of carboxylic acids is 1. The van der Waals surface area contributed by atoms with Gasteiger partial charge in [-0.25, -0.2) is 4.98 Å². The molecule has 0 aliphatic carbocycles. The summed E-state index contributed by atoms with van der Waals surface area (Å²) in [4.78, 5) is 40.4. The van der Waals surface area contributed by atoms with Crippen molar-refractivity contribution in [1.29, 1.82) is 0 Å². The van der Waals surface area contributed by atoms with Crippen LogP contribution in [-0.4, -0.2) is 32.5 Å². The van der Waals surface area contributed by atoms with E-state index < -0.39 is 10.9 Å². The lowest BCUT2D eigenvalue weighted by Crippen LogP contribution is -2.25. The van der Waals surface area contributed by atoms with Crippen molar-refractivity contribution >= 4 is 29.3 Å². The number of nitro groups is 1. The smallest absolute Gasteiger partial charge is 0.269 e. The molecule has 0 atom stereocenters. The number of thioether (sulfide) groups is 1. The van der Waals surface area contributed by atoms with Crippen LogP contribution >= 0.6 is 11.8 Å². The third-order valence-electron chi connectivity index (χ3n) is 3.93. The van der Waals surface area contributed by atoms with Crippen molar-refractivity contribution in [3.05, 3.63) is 76.0 Å². The van der Waals surface area contributed by atoms with Gasteiger partial charge < -0.3 is 20.2 Å². The molecule has 0 unspecified atom stereocenters. The summed E-state index contributed by atoms with van der Waals surface area (Å²) in [6, 6.07) is 12.2. The number of nitro benzene ring substituents is 1. The highest BCUT2D eigenvalue weighted by Gasteiger charge is 2.09. The number of benzene rings is 2. The van der Waals surface area contributed by atoms with E-state index in [4.69, 9.17) is 0 Å². The van der Waals surface area contributed by atoms with Crippen LogP contribution in [-0.2, 0) is 11.3 Å². The van der Waals surface area contributed by atoms with Crippen molar-refractivity contribution in [2.45, 2.75) is 11.7 Å². The summed E-state index contributed by atoms with van der Waals surface area (Å²) >= 11 is 1.20. The molecule has 29 heavy (non-hydrogen) atoms. The Morgan fingerprint density at radius 2 is 1.93 bits per heavy atom. The van der Waals surface area contributed by atoms with E-state index in [1.807, 2.05) is 0 Å². The Morgan fingerprint density at radius 1 is 1.17 bits per heavy atom. The van der Waals surface area contributed by atoms with E-state index in [1.165, 1.54) is 36.0 Å². The highest BCUT2D eigenvalue weighted by molar-refractivity contribution is 7.99. The second kappa shape index (κ2) is 9.02. The fourth-order valence-corrected chi connectivity index (χ4v) is 3.16. The third-order valence-corrected chi connectivity index (χ3v) is 4.82. The molecule has 1 amide bonds. The van der Waals surface area contributed by atoms with Crippen molar-refractivity contribution in [2.24, 2.45) is 0 Å². The number of hydrogen-bond donors (Lipinski definition) is 2. The lowest BCUT2D eigenvalue weighted by molar-refractivity contribution is -0.384. The van der Waals surface area contributed by atoms with E-state index in [9.17, 15) is 24.8 Å². The highest BCUT2D eigenvalue weighted by Crippen LogP contribution is 2.23. The zero-order chi connectivity index (χ0) is 20.8. The van der Waals surface area contributed by atoms with Gasteiger partial charge in [-0.15, -0.1) is 0 Å². The van der Waals surface area contributed by atoms with Gasteiger partial charge in [0.1, 0.15) is 0 Å². The molecule has 0 saturated heterocycles. The number of aromatic nitrogens is 2. The number of amides is 1. The summed E-state index contributed by atoms with van der Waals surface area (Å²) in [5.74, 6) is -1.38.